The number of carbonyl (C=O) groups excluding carboxylic acids is 3. The van der Waals surface area contributed by atoms with Gasteiger partial charge in [-0.3, -0.25) is 18.6 Å². The third-order valence-electron chi connectivity index (χ3n) is 7.70. The summed E-state index contributed by atoms with van der Waals surface area (Å²) < 4.78 is 16.2. The number of nitrogens with one attached hydrogen (secondary N) is 2. The number of thioether (sulfide) groups is 1. The number of carbonyl (C=O) groups is 3. The van der Waals surface area contributed by atoms with Gasteiger partial charge in [-0.25, -0.2) is 0 Å². The van der Waals surface area contributed by atoms with E-state index < -0.39 is 22.9 Å². The van der Waals surface area contributed by atoms with Crippen LogP contribution in [-0.2, 0) is 29.9 Å². The molecule has 0 aromatic rings. The molecule has 0 radical (unpaired) electrons. The first kappa shape index (κ1) is 46.0. The second kappa shape index (κ2) is 37.4. The Balaban J connectivity index is 0. The van der Waals surface area contributed by atoms with Gasteiger partial charge in [-0.05, 0) is 31.3 Å². The Kier molecular flexibility index (Phi) is 38.2. The number of rotatable bonds is 31. The summed E-state index contributed by atoms with van der Waals surface area (Å²) >= 11 is 1.81. The average Bonchev–Trinajstić information content (AvgIpc) is 3.00. The monoisotopic (exact) mass is 676 g/mol. The summed E-state index contributed by atoms with van der Waals surface area (Å²) in [6.45, 7) is 7.25. The maximum Gasteiger partial charge on any atom is 0.303 e. The maximum atomic E-state index is 12.1. The molecule has 45 heavy (non-hydrogen) atoms. The van der Waals surface area contributed by atoms with Gasteiger partial charge in [0.2, 0.25) is 5.91 Å². The topological polar surface area (TPSA) is 102 Å². The molecule has 7 nitrogen and oxygen atoms in total. The van der Waals surface area contributed by atoms with Crippen LogP contribution in [0.1, 0.15) is 168 Å². The highest BCUT2D eigenvalue weighted by Gasteiger charge is 2.21. The van der Waals surface area contributed by atoms with Gasteiger partial charge in [0.1, 0.15) is 0 Å². The number of amides is 2. The first-order chi connectivity index (χ1) is 21.8. The van der Waals surface area contributed by atoms with Crippen LogP contribution in [0, 0.1) is 0 Å². The van der Waals surface area contributed by atoms with Crippen molar-refractivity contribution in [2.45, 2.75) is 175 Å². The molecule has 0 saturated heterocycles. The van der Waals surface area contributed by atoms with Crippen molar-refractivity contribution in [3.63, 3.8) is 0 Å². The number of unbranched alkanes of at least 4 members (excludes halogenated alkanes) is 18. The molecule has 0 spiro atoms. The smallest absolute Gasteiger partial charge is 0.303 e. The third-order valence-corrected chi connectivity index (χ3v) is 9.21. The normalized spacial score (nSPS) is 12.1. The first-order valence-electron chi connectivity index (χ1n) is 18.3. The van der Waals surface area contributed by atoms with Crippen LogP contribution in [0.2, 0.25) is 0 Å². The van der Waals surface area contributed by atoms with Crippen LogP contribution in [0.25, 0.3) is 0 Å². The maximum absolute atomic E-state index is 12.1. The molecular weight excluding hydrogens is 605 g/mol. The van der Waals surface area contributed by atoms with Gasteiger partial charge in [-0.2, -0.15) is 11.8 Å². The van der Waals surface area contributed by atoms with Gasteiger partial charge in [0.15, 0.2) is 6.10 Å². The molecule has 0 heterocycles. The predicted molar refractivity (Wildman–Crippen MR) is 196 cm³/mol. The summed E-state index contributed by atoms with van der Waals surface area (Å²) in [6.07, 6.45) is 30.8. The van der Waals surface area contributed by atoms with E-state index in [0.29, 0.717) is 25.1 Å². The zero-order valence-corrected chi connectivity index (χ0v) is 31.7. The molecule has 0 aromatic heterocycles. The van der Waals surface area contributed by atoms with Gasteiger partial charge in [0, 0.05) is 55.7 Å². The Hall–Kier alpha value is -1.09. The van der Waals surface area contributed by atoms with Gasteiger partial charge < -0.3 is 15.4 Å². The highest BCUT2D eigenvalue weighted by Crippen LogP contribution is 2.11. The lowest BCUT2D eigenvalue weighted by atomic mass is 10.1. The largest absolute Gasteiger partial charge is 0.452 e. The van der Waals surface area contributed by atoms with Gasteiger partial charge in [0.25, 0.3) is 5.91 Å². The summed E-state index contributed by atoms with van der Waals surface area (Å²) in [5.74, 6) is 0.905. The predicted octanol–water partition coefficient (Wildman–Crippen LogP) is 8.89. The lowest BCUT2D eigenvalue weighted by Crippen LogP contribution is -2.38. The van der Waals surface area contributed by atoms with Crippen molar-refractivity contribution in [1.82, 2.24) is 10.6 Å². The lowest BCUT2D eigenvalue weighted by Gasteiger charge is -2.16. The minimum absolute atomic E-state index is 0.231. The molecule has 0 aliphatic heterocycles. The molecule has 0 aromatic carbocycles. The molecule has 2 unspecified atom stereocenters. The standard InChI is InChI=1S/C19H37NO4S.C17H35NOS/c1-4-5-6-7-8-9-10-11-12-13-15-20-19(22)18(24-17(2)21)14-16-25(3)23;1-3-4-5-6-7-8-9-10-11-12-15-18-17(19)14-13-16-20-2/h18H,4-16H2,1-3H3,(H,20,22);3-16H2,1-2H3,(H,18,19). The van der Waals surface area contributed by atoms with Crippen molar-refractivity contribution < 1.29 is 23.3 Å². The van der Waals surface area contributed by atoms with Crippen LogP contribution in [0.15, 0.2) is 0 Å². The van der Waals surface area contributed by atoms with Gasteiger partial charge >= 0.3 is 5.97 Å². The second-order valence-electron chi connectivity index (χ2n) is 12.3. The quantitative estimate of drug-likeness (QED) is 0.0562. The van der Waals surface area contributed by atoms with Crippen molar-refractivity contribution in [2.24, 2.45) is 0 Å². The molecular formula is C36H72N2O5S2. The molecule has 2 atom stereocenters. The van der Waals surface area contributed by atoms with Crippen molar-refractivity contribution in [2.75, 3.05) is 37.1 Å². The van der Waals surface area contributed by atoms with Crippen molar-refractivity contribution in [1.29, 1.82) is 0 Å². The van der Waals surface area contributed by atoms with Crippen molar-refractivity contribution in [3.8, 4) is 0 Å². The van der Waals surface area contributed by atoms with E-state index in [9.17, 15) is 18.6 Å². The fourth-order valence-electron chi connectivity index (χ4n) is 4.96. The van der Waals surface area contributed by atoms with Crippen molar-refractivity contribution in [3.05, 3.63) is 0 Å². The number of hydrogen-bond acceptors (Lipinski definition) is 6. The molecule has 268 valence electrons. The molecule has 0 fully saturated rings. The highest BCUT2D eigenvalue weighted by atomic mass is 32.2. The van der Waals surface area contributed by atoms with E-state index in [1.54, 1.807) is 6.26 Å². The van der Waals surface area contributed by atoms with E-state index >= 15 is 0 Å². The minimum atomic E-state index is -1.00. The van der Waals surface area contributed by atoms with E-state index in [0.717, 1.165) is 38.0 Å². The highest BCUT2D eigenvalue weighted by molar-refractivity contribution is 7.98. The van der Waals surface area contributed by atoms with E-state index in [2.05, 4.69) is 30.7 Å². The summed E-state index contributed by atoms with van der Waals surface area (Å²) in [6, 6.07) is 0. The number of ether oxygens (including phenoxy) is 1. The minimum Gasteiger partial charge on any atom is -0.452 e. The molecule has 9 heteroatoms. The summed E-state index contributed by atoms with van der Waals surface area (Å²) in [7, 11) is -1.00. The van der Waals surface area contributed by atoms with Crippen molar-refractivity contribution >= 4 is 40.3 Å². The van der Waals surface area contributed by atoms with Gasteiger partial charge in [-0.1, -0.05) is 129 Å². The van der Waals surface area contributed by atoms with Crippen LogP contribution < -0.4 is 10.6 Å². The lowest BCUT2D eigenvalue weighted by molar-refractivity contribution is -0.153. The zero-order valence-electron chi connectivity index (χ0n) is 30.0. The molecule has 0 bridgehead atoms. The molecule has 0 aliphatic carbocycles. The Morgan fingerprint density at radius 3 is 1.49 bits per heavy atom. The van der Waals surface area contributed by atoms with Crippen LogP contribution in [0.3, 0.4) is 0 Å². The summed E-state index contributed by atoms with van der Waals surface area (Å²) in [4.78, 5) is 34.6. The van der Waals surface area contributed by atoms with Gasteiger partial charge in [0.05, 0.1) is 0 Å². The third kappa shape index (κ3) is 39.0. The zero-order chi connectivity index (χ0) is 33.8. The molecule has 0 saturated carbocycles. The van der Waals surface area contributed by atoms with Crippen LogP contribution in [0.5, 0.6) is 0 Å². The van der Waals surface area contributed by atoms with E-state index in [1.165, 1.54) is 116 Å². The number of hydrogen-bond donors (Lipinski definition) is 2. The van der Waals surface area contributed by atoms with Crippen LogP contribution >= 0.6 is 11.8 Å². The molecule has 0 aliphatic rings. The van der Waals surface area contributed by atoms with Crippen LogP contribution in [-0.4, -0.2) is 65.2 Å². The first-order valence-corrected chi connectivity index (χ1v) is 21.4. The second-order valence-corrected chi connectivity index (χ2v) is 14.8. The summed E-state index contributed by atoms with van der Waals surface area (Å²) in [5.41, 5.74) is 0. The molecule has 2 N–H and O–H groups in total. The van der Waals surface area contributed by atoms with E-state index in [1.807, 2.05) is 11.8 Å². The van der Waals surface area contributed by atoms with E-state index in [-0.39, 0.29) is 11.8 Å². The molecule has 2 amide bonds. The SMILES string of the molecule is CCCCCCCCCCCCNC(=O)C(CCS(C)=O)OC(C)=O.CCCCCCCCCCCCNC(=O)CCCSC. The summed E-state index contributed by atoms with van der Waals surface area (Å²) in [5, 5.41) is 5.84. The molecule has 0 rings (SSSR count). The fourth-order valence-corrected chi connectivity index (χ4v) is 5.94. The van der Waals surface area contributed by atoms with E-state index in [4.69, 9.17) is 4.74 Å². The van der Waals surface area contributed by atoms with Gasteiger partial charge in [-0.15, -0.1) is 0 Å². The Labute approximate surface area is 285 Å². The fraction of sp³-hybridized carbons (Fsp3) is 0.917. The van der Waals surface area contributed by atoms with Crippen LogP contribution in [0.4, 0.5) is 0 Å². The Bertz CT molecular complexity index is 709. The average molecular weight is 677 g/mol. The number of esters is 1. The Morgan fingerprint density at radius 2 is 1.09 bits per heavy atom. The Morgan fingerprint density at radius 1 is 0.667 bits per heavy atom.